The van der Waals surface area contributed by atoms with Crippen LogP contribution in [-0.4, -0.2) is 20.1 Å². The van der Waals surface area contributed by atoms with Gasteiger partial charge in [0.15, 0.2) is 0 Å². The van der Waals surface area contributed by atoms with Crippen LogP contribution in [0.15, 0.2) is 24.3 Å². The second kappa shape index (κ2) is 5.96. The quantitative estimate of drug-likeness (QED) is 0.885. The van der Waals surface area contributed by atoms with E-state index in [9.17, 15) is 0 Å². The molecule has 1 aromatic carbocycles. The molecule has 0 aromatic heterocycles. The Hall–Kier alpha value is -1.02. The van der Waals surface area contributed by atoms with Crippen molar-refractivity contribution in [2.75, 3.05) is 19.0 Å². The van der Waals surface area contributed by atoms with Crippen LogP contribution in [0.3, 0.4) is 0 Å². The molecule has 0 amide bonds. The van der Waals surface area contributed by atoms with E-state index < -0.39 is 0 Å². The van der Waals surface area contributed by atoms with Gasteiger partial charge in [-0.1, -0.05) is 26.0 Å². The van der Waals surface area contributed by atoms with Crippen molar-refractivity contribution in [3.8, 4) is 0 Å². The van der Waals surface area contributed by atoms with Gasteiger partial charge in [-0.3, -0.25) is 0 Å². The van der Waals surface area contributed by atoms with Crippen LogP contribution in [0.25, 0.3) is 0 Å². The van der Waals surface area contributed by atoms with Gasteiger partial charge in [0.1, 0.15) is 0 Å². The first-order valence-electron chi connectivity index (χ1n) is 7.52. The lowest BCUT2D eigenvalue weighted by atomic mass is 9.96. The Bertz CT molecular complexity index is 396. The zero-order valence-electron chi connectivity index (χ0n) is 13.0. The van der Waals surface area contributed by atoms with Gasteiger partial charge in [-0.25, -0.2) is 0 Å². The lowest BCUT2D eigenvalue weighted by Crippen LogP contribution is -2.34. The third-order valence-electron chi connectivity index (χ3n) is 4.84. The average Bonchev–Trinajstić information content (AvgIpc) is 2.71. The van der Waals surface area contributed by atoms with E-state index in [1.54, 1.807) is 0 Å². The van der Waals surface area contributed by atoms with Crippen molar-refractivity contribution in [1.29, 1.82) is 0 Å². The average molecular weight is 260 g/mol. The third kappa shape index (κ3) is 3.30. The van der Waals surface area contributed by atoms with E-state index in [1.807, 2.05) is 0 Å². The number of hydrogen-bond donors (Lipinski definition) is 1. The van der Waals surface area contributed by atoms with Crippen molar-refractivity contribution in [1.82, 2.24) is 5.32 Å². The molecule has 2 heteroatoms. The molecule has 1 aromatic rings. The van der Waals surface area contributed by atoms with E-state index in [-0.39, 0.29) is 0 Å². The fourth-order valence-electron chi connectivity index (χ4n) is 3.08. The van der Waals surface area contributed by atoms with Gasteiger partial charge in [-0.05, 0) is 49.3 Å². The summed E-state index contributed by atoms with van der Waals surface area (Å²) in [6, 6.07) is 10.0. The normalized spacial score (nSPS) is 28.4. The molecule has 0 heterocycles. The molecule has 0 bridgehead atoms. The van der Waals surface area contributed by atoms with E-state index >= 15 is 0 Å². The number of nitrogens with zero attached hydrogens (tertiary/aromatic N) is 1. The van der Waals surface area contributed by atoms with Crippen LogP contribution in [0.2, 0.25) is 0 Å². The highest BCUT2D eigenvalue weighted by Gasteiger charge is 2.30. The maximum Gasteiger partial charge on any atom is 0.0361 e. The Labute approximate surface area is 118 Å². The van der Waals surface area contributed by atoms with E-state index in [0.29, 0.717) is 12.1 Å². The molecule has 4 unspecified atom stereocenters. The molecular formula is C17H28N2. The Balaban J connectivity index is 1.98. The fraction of sp³-hybridized carbons (Fsp3) is 0.647. The second-order valence-corrected chi connectivity index (χ2v) is 6.39. The van der Waals surface area contributed by atoms with Crippen LogP contribution < -0.4 is 10.2 Å². The molecule has 4 atom stereocenters. The third-order valence-corrected chi connectivity index (χ3v) is 4.84. The number of benzene rings is 1. The van der Waals surface area contributed by atoms with Crippen molar-refractivity contribution in [2.24, 2.45) is 11.8 Å². The lowest BCUT2D eigenvalue weighted by molar-refractivity contribution is 0.347. The smallest absolute Gasteiger partial charge is 0.0361 e. The molecule has 2 nitrogen and oxygen atoms in total. The highest BCUT2D eigenvalue weighted by atomic mass is 15.1. The first-order chi connectivity index (χ1) is 8.99. The summed E-state index contributed by atoms with van der Waals surface area (Å²) < 4.78 is 0. The van der Waals surface area contributed by atoms with Gasteiger partial charge in [-0.15, -0.1) is 0 Å². The van der Waals surface area contributed by atoms with E-state index in [2.05, 4.69) is 69.3 Å². The van der Waals surface area contributed by atoms with E-state index in [0.717, 1.165) is 11.8 Å². The summed E-state index contributed by atoms with van der Waals surface area (Å²) in [6.07, 6.45) is 2.69. The Morgan fingerprint density at radius 2 is 1.74 bits per heavy atom. The number of rotatable bonds is 4. The summed E-state index contributed by atoms with van der Waals surface area (Å²) in [6.45, 7) is 7.04. The van der Waals surface area contributed by atoms with Gasteiger partial charge < -0.3 is 10.2 Å². The molecule has 1 N–H and O–H groups in total. The fourth-order valence-corrected chi connectivity index (χ4v) is 3.08. The lowest BCUT2D eigenvalue weighted by Gasteiger charge is -2.25. The van der Waals surface area contributed by atoms with Crippen LogP contribution >= 0.6 is 0 Å². The molecule has 106 valence electrons. The molecule has 0 spiro atoms. The minimum absolute atomic E-state index is 0.439. The Morgan fingerprint density at radius 3 is 2.21 bits per heavy atom. The minimum atomic E-state index is 0.439. The van der Waals surface area contributed by atoms with Crippen molar-refractivity contribution in [2.45, 2.75) is 45.7 Å². The number of anilines is 1. The Morgan fingerprint density at radius 1 is 1.11 bits per heavy atom. The molecule has 0 saturated heterocycles. The summed E-state index contributed by atoms with van der Waals surface area (Å²) in [7, 11) is 4.16. The van der Waals surface area contributed by atoms with Gasteiger partial charge in [0.05, 0.1) is 0 Å². The maximum atomic E-state index is 3.81. The van der Waals surface area contributed by atoms with Crippen molar-refractivity contribution in [3.05, 3.63) is 29.8 Å². The molecular weight excluding hydrogens is 232 g/mol. The zero-order valence-corrected chi connectivity index (χ0v) is 13.0. The number of nitrogens with one attached hydrogen (secondary N) is 1. The van der Waals surface area contributed by atoms with Gasteiger partial charge in [0.25, 0.3) is 0 Å². The van der Waals surface area contributed by atoms with Crippen LogP contribution in [0.4, 0.5) is 5.69 Å². The zero-order chi connectivity index (χ0) is 14.0. The van der Waals surface area contributed by atoms with Gasteiger partial charge in [-0.2, -0.15) is 0 Å². The van der Waals surface area contributed by atoms with Gasteiger partial charge >= 0.3 is 0 Å². The summed E-state index contributed by atoms with van der Waals surface area (Å²) >= 11 is 0. The maximum absolute atomic E-state index is 3.81. The van der Waals surface area contributed by atoms with Crippen molar-refractivity contribution < 1.29 is 0 Å². The van der Waals surface area contributed by atoms with E-state index in [1.165, 1.54) is 24.1 Å². The molecule has 1 aliphatic carbocycles. The largest absolute Gasteiger partial charge is 0.378 e. The molecule has 0 radical (unpaired) electrons. The second-order valence-electron chi connectivity index (χ2n) is 6.39. The standard InChI is InChI=1S/C17H28N2/c1-12-6-11-17(13(12)2)18-14(3)15-7-9-16(10-8-15)19(4)5/h7-10,12-14,17-18H,6,11H2,1-5H3. The summed E-state index contributed by atoms with van der Waals surface area (Å²) in [5.74, 6) is 1.66. The summed E-state index contributed by atoms with van der Waals surface area (Å²) in [5.41, 5.74) is 2.65. The van der Waals surface area contributed by atoms with Gasteiger partial charge in [0, 0.05) is 31.9 Å². The van der Waals surface area contributed by atoms with Crippen LogP contribution in [-0.2, 0) is 0 Å². The summed E-state index contributed by atoms with van der Waals surface area (Å²) in [4.78, 5) is 2.14. The van der Waals surface area contributed by atoms with Gasteiger partial charge in [0.2, 0.25) is 0 Å². The minimum Gasteiger partial charge on any atom is -0.378 e. The molecule has 1 saturated carbocycles. The van der Waals surface area contributed by atoms with Crippen LogP contribution in [0, 0.1) is 11.8 Å². The Kier molecular flexibility index (Phi) is 4.51. The highest BCUT2D eigenvalue weighted by Crippen LogP contribution is 2.32. The van der Waals surface area contributed by atoms with E-state index in [4.69, 9.17) is 0 Å². The SMILES string of the molecule is CC(NC1CCC(C)C1C)c1ccc(N(C)C)cc1. The first kappa shape index (κ1) is 14.4. The molecule has 2 rings (SSSR count). The predicted octanol–water partition coefficient (Wildman–Crippen LogP) is 3.84. The highest BCUT2D eigenvalue weighted by molar-refractivity contribution is 5.46. The molecule has 1 aliphatic rings. The van der Waals surface area contributed by atoms with Crippen LogP contribution in [0.1, 0.15) is 45.2 Å². The molecule has 0 aliphatic heterocycles. The molecule has 1 fully saturated rings. The predicted molar refractivity (Wildman–Crippen MR) is 83.7 cm³/mol. The first-order valence-corrected chi connectivity index (χ1v) is 7.52. The van der Waals surface area contributed by atoms with Crippen molar-refractivity contribution in [3.63, 3.8) is 0 Å². The van der Waals surface area contributed by atoms with Crippen LogP contribution in [0.5, 0.6) is 0 Å². The molecule has 19 heavy (non-hydrogen) atoms. The monoisotopic (exact) mass is 260 g/mol. The summed E-state index contributed by atoms with van der Waals surface area (Å²) in [5, 5.41) is 3.81. The van der Waals surface area contributed by atoms with Crippen molar-refractivity contribution >= 4 is 5.69 Å². The number of hydrogen-bond acceptors (Lipinski definition) is 2. The topological polar surface area (TPSA) is 15.3 Å².